The van der Waals surface area contributed by atoms with Gasteiger partial charge in [0.15, 0.2) is 5.82 Å². The van der Waals surface area contributed by atoms with Gasteiger partial charge < -0.3 is 24.2 Å². The third-order valence-corrected chi connectivity index (χ3v) is 20.6. The monoisotopic (exact) mass is 858 g/mol. The molecule has 1 amide bonds. The molecule has 8 rings (SSSR count). The molecule has 4 atom stereocenters. The van der Waals surface area contributed by atoms with Crippen LogP contribution in [0.4, 0.5) is 23.8 Å². The maximum absolute atomic E-state index is 17.8. The number of hydrogen-bond donors (Lipinski definition) is 1. The Labute approximate surface area is 357 Å². The molecule has 6 heterocycles. The summed E-state index contributed by atoms with van der Waals surface area (Å²) in [6, 6.07) is 6.02. The van der Waals surface area contributed by atoms with Gasteiger partial charge in [0.2, 0.25) is 0 Å². The molecule has 4 aliphatic heterocycles. The van der Waals surface area contributed by atoms with Gasteiger partial charge in [-0.05, 0) is 72.4 Å². The second-order valence-corrected chi connectivity index (χ2v) is 24.2. The van der Waals surface area contributed by atoms with Gasteiger partial charge in [-0.1, -0.05) is 53.5 Å². The molecule has 11 nitrogen and oxygen atoms in total. The van der Waals surface area contributed by atoms with E-state index in [9.17, 15) is 14.3 Å². The lowest BCUT2D eigenvalue weighted by Gasteiger charge is -2.47. The van der Waals surface area contributed by atoms with E-state index in [1.54, 1.807) is 25.3 Å². The van der Waals surface area contributed by atoms with Crippen molar-refractivity contribution in [1.82, 2.24) is 24.8 Å². The molecule has 4 saturated heterocycles. The molecule has 2 aromatic carbocycles. The number of aromatic nitrogens is 3. The fraction of sp³-hybridized carbons (Fsp3) is 0.565. The third kappa shape index (κ3) is 7.16. The molecule has 326 valence electrons. The van der Waals surface area contributed by atoms with Gasteiger partial charge in [-0.25, -0.2) is 18.0 Å². The van der Waals surface area contributed by atoms with Crippen LogP contribution in [0.2, 0.25) is 16.6 Å². The second kappa shape index (κ2) is 16.2. The maximum atomic E-state index is 17.8. The first-order chi connectivity index (χ1) is 29.1. The molecule has 0 spiro atoms. The highest BCUT2D eigenvalue weighted by Crippen LogP contribution is 2.46. The van der Waals surface area contributed by atoms with E-state index in [-0.39, 0.29) is 48.6 Å². The Morgan fingerprint density at radius 2 is 1.77 bits per heavy atom. The lowest BCUT2D eigenvalue weighted by Crippen LogP contribution is -2.65. The van der Waals surface area contributed by atoms with E-state index in [0.717, 1.165) is 19.4 Å². The summed E-state index contributed by atoms with van der Waals surface area (Å²) in [6.45, 7) is 15.1. The highest BCUT2D eigenvalue weighted by molar-refractivity contribution is 6.90. The average molecular weight is 859 g/mol. The fourth-order valence-electron chi connectivity index (χ4n) is 11.7. The molecular weight excluding hydrogens is 802 g/mol. The summed E-state index contributed by atoms with van der Waals surface area (Å²) in [7, 11) is 0.753. The Hall–Kier alpha value is -4.65. The van der Waals surface area contributed by atoms with E-state index < -0.39 is 43.1 Å². The topological polar surface area (TPSA) is 113 Å². The van der Waals surface area contributed by atoms with E-state index in [2.05, 4.69) is 57.9 Å². The number of pyridine rings is 1. The van der Waals surface area contributed by atoms with Gasteiger partial charge >= 0.3 is 12.1 Å². The first-order valence-electron chi connectivity index (χ1n) is 21.6. The number of methoxy groups -OCH3 is 2. The van der Waals surface area contributed by atoms with Crippen molar-refractivity contribution in [3.8, 4) is 34.5 Å². The molecule has 4 aliphatic rings. The molecule has 4 fully saturated rings. The number of piperazine rings is 1. The third-order valence-electron chi connectivity index (χ3n) is 14.3. The molecule has 0 radical (unpaired) electrons. The van der Waals surface area contributed by atoms with Crippen molar-refractivity contribution in [1.29, 1.82) is 0 Å². The summed E-state index contributed by atoms with van der Waals surface area (Å²) in [5, 5.41) is 11.6. The molecule has 1 N–H and O–H groups in total. The lowest BCUT2D eigenvalue weighted by molar-refractivity contribution is 0.0178. The van der Waals surface area contributed by atoms with Crippen LogP contribution >= 0.6 is 0 Å². The molecule has 0 aliphatic carbocycles. The Balaban J connectivity index is 1.32. The van der Waals surface area contributed by atoms with Crippen LogP contribution in [-0.2, 0) is 4.74 Å². The normalized spacial score (nSPS) is 24.0. The van der Waals surface area contributed by atoms with Crippen LogP contribution in [-0.4, -0.2) is 121 Å². The molecule has 2 bridgehead atoms. The van der Waals surface area contributed by atoms with Crippen molar-refractivity contribution in [2.75, 3.05) is 58.5 Å². The number of hydrogen-bond acceptors (Lipinski definition) is 9. The number of carboxylic acid groups (broad SMARTS) is 1. The van der Waals surface area contributed by atoms with E-state index >= 15 is 8.78 Å². The highest BCUT2D eigenvalue weighted by atomic mass is 28.3. The minimum absolute atomic E-state index is 0.0692. The summed E-state index contributed by atoms with van der Waals surface area (Å²) < 4.78 is 66.5. The number of benzene rings is 2. The molecule has 0 saturated carbocycles. The summed E-state index contributed by atoms with van der Waals surface area (Å²) in [5.41, 5.74) is 3.50. The van der Waals surface area contributed by atoms with Crippen molar-refractivity contribution in [2.24, 2.45) is 0 Å². The summed E-state index contributed by atoms with van der Waals surface area (Å²) in [4.78, 5) is 32.5. The summed E-state index contributed by atoms with van der Waals surface area (Å²) in [5.74, 6) is 2.79. The Morgan fingerprint density at radius 1 is 1.02 bits per heavy atom. The molecule has 15 heteroatoms. The van der Waals surface area contributed by atoms with Crippen LogP contribution in [0.5, 0.6) is 11.8 Å². The minimum atomic E-state index is -2.31. The molecular formula is C46H57F3N6O5Si. The number of carbonyl (C=O) groups is 1. The van der Waals surface area contributed by atoms with E-state index in [1.165, 1.54) is 24.3 Å². The van der Waals surface area contributed by atoms with E-state index in [4.69, 9.17) is 29.2 Å². The smallest absolute Gasteiger partial charge is 0.408 e. The van der Waals surface area contributed by atoms with Crippen LogP contribution in [0.15, 0.2) is 30.5 Å². The number of halogens is 3. The SMILES string of the molecule is COC[C@@]12CC[C@@H](CN(c3nc(OC[C@@]45CCCN4C[C@H](F)C5)nc4c(F)c(-c5cc(OC)cc6ccc(F)c(C#C[Si](C(C)C)(C(C)C)C(C)C)c56)ncc34)C1)N2C(=O)O. The van der Waals surface area contributed by atoms with Gasteiger partial charge in [0.25, 0.3) is 0 Å². The zero-order chi connectivity index (χ0) is 43.6. The first kappa shape index (κ1) is 43.0. The van der Waals surface area contributed by atoms with Crippen molar-refractivity contribution in [2.45, 2.75) is 114 Å². The lowest BCUT2D eigenvalue weighted by atomic mass is 9.95. The number of amides is 1. The minimum Gasteiger partial charge on any atom is -0.497 e. The second-order valence-electron chi connectivity index (χ2n) is 18.6. The van der Waals surface area contributed by atoms with Gasteiger partial charge in [0, 0.05) is 50.3 Å². The van der Waals surface area contributed by atoms with Gasteiger partial charge in [-0.3, -0.25) is 14.8 Å². The van der Waals surface area contributed by atoms with Gasteiger partial charge in [-0.2, -0.15) is 9.97 Å². The number of nitrogens with zero attached hydrogens (tertiary/aromatic N) is 6. The number of anilines is 1. The Bertz CT molecular complexity index is 2400. The van der Waals surface area contributed by atoms with Gasteiger partial charge in [0.05, 0.1) is 41.8 Å². The fourth-order valence-corrected chi connectivity index (χ4v) is 16.9. The van der Waals surface area contributed by atoms with Crippen LogP contribution in [0, 0.1) is 23.1 Å². The standard InChI is InChI=1S/C46H57F3N6O5Si/c1-27(2)61(28(3)4,29(5)6)17-13-34-37(48)11-10-30-18-33(59-8)19-35(38(30)34)40-39(49)41-36(21-50-40)42(53-23-32-12-15-46(24-53,25-58-7)55(32)44(56)57)52-43(51-41)60-26-45-14-9-16-54(45)22-31(47)20-45/h10-11,18-19,21,27-29,31-32H,9,12,14-16,20,22-26H2,1-8H3,(H,56,57)/t31-,32+,45+,46-/m1/s1. The number of rotatable bonds is 11. The van der Waals surface area contributed by atoms with Crippen molar-refractivity contribution < 1.29 is 37.3 Å². The molecule has 2 aromatic heterocycles. The quantitative estimate of drug-likeness (QED) is 0.116. The molecule has 4 aromatic rings. The van der Waals surface area contributed by atoms with Crippen LogP contribution in [0.3, 0.4) is 0 Å². The van der Waals surface area contributed by atoms with Gasteiger partial charge in [-0.15, -0.1) is 5.54 Å². The molecule has 0 unspecified atom stereocenters. The van der Waals surface area contributed by atoms with Crippen LogP contribution < -0.4 is 14.4 Å². The Morgan fingerprint density at radius 3 is 2.46 bits per heavy atom. The predicted octanol–water partition coefficient (Wildman–Crippen LogP) is 9.00. The largest absolute Gasteiger partial charge is 0.497 e. The number of alkyl halides is 1. The summed E-state index contributed by atoms with van der Waals surface area (Å²) in [6.07, 6.45) is 2.73. The zero-order valence-corrected chi connectivity index (χ0v) is 37.4. The van der Waals surface area contributed by atoms with Crippen molar-refractivity contribution >= 4 is 41.7 Å². The van der Waals surface area contributed by atoms with Crippen LogP contribution in [0.25, 0.3) is 32.9 Å². The van der Waals surface area contributed by atoms with E-state index in [1.807, 2.05) is 4.90 Å². The van der Waals surface area contributed by atoms with Crippen molar-refractivity contribution in [3.63, 3.8) is 0 Å². The summed E-state index contributed by atoms with van der Waals surface area (Å²) >= 11 is 0. The highest BCUT2D eigenvalue weighted by Gasteiger charge is 2.55. The Kier molecular flexibility index (Phi) is 11.4. The predicted molar refractivity (Wildman–Crippen MR) is 233 cm³/mol. The number of fused-ring (bicyclic) bond motifs is 5. The molecule has 61 heavy (non-hydrogen) atoms. The van der Waals surface area contributed by atoms with E-state index in [0.29, 0.717) is 82.3 Å². The average Bonchev–Trinajstić information content (AvgIpc) is 3.82. The van der Waals surface area contributed by atoms with Gasteiger partial charge in [0.1, 0.15) is 49.4 Å². The number of ether oxygens (including phenoxy) is 3. The van der Waals surface area contributed by atoms with Crippen molar-refractivity contribution in [3.05, 3.63) is 47.7 Å². The maximum Gasteiger partial charge on any atom is 0.408 e. The first-order valence-corrected chi connectivity index (χ1v) is 23.8. The van der Waals surface area contributed by atoms with Crippen LogP contribution in [0.1, 0.15) is 79.2 Å². The zero-order valence-electron chi connectivity index (χ0n) is 36.4.